The Morgan fingerprint density at radius 3 is 2.44 bits per heavy atom. The Labute approximate surface area is 188 Å². The number of hydroxylamine groups is 1. The van der Waals surface area contributed by atoms with E-state index in [0.29, 0.717) is 38.1 Å². The van der Waals surface area contributed by atoms with Gasteiger partial charge in [-0.25, -0.2) is 5.48 Å². The molecule has 2 heterocycles. The number of hydrogen-bond acceptors (Lipinski definition) is 6. The van der Waals surface area contributed by atoms with E-state index in [2.05, 4.69) is 22.0 Å². The minimum atomic E-state index is -0.628. The van der Waals surface area contributed by atoms with Crippen LogP contribution in [0.4, 0.5) is 5.69 Å². The number of ether oxygens (including phenoxy) is 1. The summed E-state index contributed by atoms with van der Waals surface area (Å²) in [7, 11) is 0. The van der Waals surface area contributed by atoms with Gasteiger partial charge < -0.3 is 14.5 Å². The van der Waals surface area contributed by atoms with Gasteiger partial charge in [0.2, 0.25) is 11.8 Å². The van der Waals surface area contributed by atoms with Crippen LogP contribution in [-0.2, 0) is 9.59 Å². The van der Waals surface area contributed by atoms with Gasteiger partial charge in [0.1, 0.15) is 5.75 Å². The van der Waals surface area contributed by atoms with Crippen LogP contribution in [0.1, 0.15) is 25.0 Å². The molecule has 1 aromatic heterocycles. The highest BCUT2D eigenvalue weighted by Gasteiger charge is 2.42. The number of aromatic nitrogens is 1. The average molecular weight is 439 g/mol. The number of benzene rings is 1. The molecule has 1 aliphatic carbocycles. The number of carbonyl (C=O) groups is 2. The molecule has 2 aromatic rings. The molecule has 170 valence electrons. The van der Waals surface area contributed by atoms with E-state index in [9.17, 15) is 14.8 Å². The first-order valence-electron chi connectivity index (χ1n) is 11.2. The number of carbonyl (C=O) groups excluding carboxylic acids is 2. The topological polar surface area (TPSA) is 95.0 Å². The molecule has 2 N–H and O–H groups in total. The van der Waals surface area contributed by atoms with Crippen LogP contribution in [0.15, 0.2) is 48.7 Å². The van der Waals surface area contributed by atoms with Crippen LogP contribution < -0.4 is 15.1 Å². The molecule has 1 aromatic carbocycles. The largest absolute Gasteiger partial charge is 0.489 e. The molecule has 3 atom stereocenters. The average Bonchev–Trinajstić information content (AvgIpc) is 2.85. The predicted molar refractivity (Wildman–Crippen MR) is 119 cm³/mol. The third-order valence-electron chi connectivity index (χ3n) is 6.47. The predicted octanol–water partition coefficient (Wildman–Crippen LogP) is 2.41. The van der Waals surface area contributed by atoms with Gasteiger partial charge in [0.25, 0.3) is 0 Å². The molecule has 2 fully saturated rings. The van der Waals surface area contributed by atoms with Gasteiger partial charge in [0.05, 0.1) is 24.1 Å². The summed E-state index contributed by atoms with van der Waals surface area (Å²) in [6.07, 6.45) is 3.05. The molecule has 32 heavy (non-hydrogen) atoms. The Morgan fingerprint density at radius 1 is 1.03 bits per heavy atom. The summed E-state index contributed by atoms with van der Waals surface area (Å²) >= 11 is 0. The fraction of sp³-hybridized carbons (Fsp3) is 0.458. The zero-order valence-corrected chi connectivity index (χ0v) is 18.3. The van der Waals surface area contributed by atoms with Crippen molar-refractivity contribution < 1.29 is 19.5 Å². The summed E-state index contributed by atoms with van der Waals surface area (Å²) in [6, 6.07) is 13.9. The maximum Gasteiger partial charge on any atom is 0.247 e. The van der Waals surface area contributed by atoms with Gasteiger partial charge >= 0.3 is 0 Å². The van der Waals surface area contributed by atoms with E-state index < -0.39 is 17.7 Å². The second-order valence-electron chi connectivity index (χ2n) is 8.53. The number of hydrogen-bond donors (Lipinski definition) is 2. The molecule has 0 bridgehead atoms. The van der Waals surface area contributed by atoms with E-state index in [1.807, 2.05) is 42.2 Å². The smallest absolute Gasteiger partial charge is 0.247 e. The molecule has 0 spiro atoms. The lowest BCUT2D eigenvalue weighted by Crippen LogP contribution is -2.53. The highest BCUT2D eigenvalue weighted by atomic mass is 16.5. The van der Waals surface area contributed by atoms with Crippen LogP contribution in [0.25, 0.3) is 0 Å². The zero-order chi connectivity index (χ0) is 22.5. The van der Waals surface area contributed by atoms with Crippen molar-refractivity contribution in [2.75, 3.05) is 31.1 Å². The summed E-state index contributed by atoms with van der Waals surface area (Å²) in [5.41, 5.74) is 3.81. The van der Waals surface area contributed by atoms with Crippen LogP contribution >= 0.6 is 0 Å². The standard InChI is InChI=1S/C24H30N4O4/c1-17-7-8-20(16-25-17)32-19-9-10-21(22(15-19)23(29)26-31)24(30)28-13-11-27(12-14-28)18-5-3-2-4-6-18/h2-8,16,19,21-22,31H,9-15H2,1H3,(H,26,29)/t19-,21+,22+/m1/s1. The lowest BCUT2D eigenvalue weighted by molar-refractivity contribution is -0.148. The van der Waals surface area contributed by atoms with Gasteiger partial charge in [-0.15, -0.1) is 0 Å². The SMILES string of the molecule is Cc1ccc(O[C@@H]2CC[C@H](C(=O)N3CCN(c4ccccc4)CC3)[C@@H](C(=O)NO)C2)cn1. The van der Waals surface area contributed by atoms with E-state index in [1.165, 1.54) is 0 Å². The van der Waals surface area contributed by atoms with E-state index in [-0.39, 0.29) is 12.0 Å². The van der Waals surface area contributed by atoms with Crippen molar-refractivity contribution in [3.8, 4) is 5.75 Å². The summed E-state index contributed by atoms with van der Waals surface area (Å²) in [5, 5.41) is 9.28. The molecule has 0 unspecified atom stereocenters. The fourth-order valence-electron chi connectivity index (χ4n) is 4.68. The molecule has 8 nitrogen and oxygen atoms in total. The maximum absolute atomic E-state index is 13.3. The lowest BCUT2D eigenvalue weighted by atomic mass is 9.76. The van der Waals surface area contributed by atoms with E-state index in [0.717, 1.165) is 24.5 Å². The molecule has 2 aliphatic rings. The number of pyridine rings is 1. The summed E-state index contributed by atoms with van der Waals surface area (Å²) in [6.45, 7) is 4.65. The number of piperazine rings is 1. The zero-order valence-electron chi connectivity index (χ0n) is 18.3. The maximum atomic E-state index is 13.3. The van der Waals surface area contributed by atoms with Crippen molar-refractivity contribution in [2.45, 2.75) is 32.3 Å². The number of rotatable bonds is 5. The molecule has 4 rings (SSSR count). The van der Waals surface area contributed by atoms with Crippen molar-refractivity contribution in [2.24, 2.45) is 11.8 Å². The first-order chi connectivity index (χ1) is 15.5. The molecule has 0 radical (unpaired) electrons. The van der Waals surface area contributed by atoms with Crippen molar-refractivity contribution in [3.05, 3.63) is 54.4 Å². The second kappa shape index (κ2) is 9.99. The number of anilines is 1. The second-order valence-corrected chi connectivity index (χ2v) is 8.53. The molecule has 2 amide bonds. The lowest BCUT2D eigenvalue weighted by Gasteiger charge is -2.40. The number of nitrogens with one attached hydrogen (secondary N) is 1. The monoisotopic (exact) mass is 438 g/mol. The van der Waals surface area contributed by atoms with Crippen LogP contribution in [-0.4, -0.2) is 59.2 Å². The molecule has 1 saturated heterocycles. The van der Waals surface area contributed by atoms with Gasteiger partial charge in [-0.2, -0.15) is 0 Å². The number of nitrogens with zero attached hydrogens (tertiary/aromatic N) is 3. The fourth-order valence-corrected chi connectivity index (χ4v) is 4.68. The normalized spacial score (nSPS) is 23.5. The van der Waals surface area contributed by atoms with Crippen LogP contribution in [0.5, 0.6) is 5.75 Å². The molecule has 1 aliphatic heterocycles. The Balaban J connectivity index is 1.38. The Morgan fingerprint density at radius 2 is 1.78 bits per heavy atom. The third kappa shape index (κ3) is 5.02. The van der Waals surface area contributed by atoms with Crippen molar-refractivity contribution in [1.29, 1.82) is 0 Å². The van der Waals surface area contributed by atoms with Crippen molar-refractivity contribution >= 4 is 17.5 Å². The van der Waals surface area contributed by atoms with Gasteiger partial charge in [-0.3, -0.25) is 19.8 Å². The Kier molecular flexibility index (Phi) is 6.90. The van der Waals surface area contributed by atoms with E-state index >= 15 is 0 Å². The summed E-state index contributed by atoms with van der Waals surface area (Å²) in [5.74, 6) is -0.979. The van der Waals surface area contributed by atoms with E-state index in [1.54, 1.807) is 11.7 Å². The molecule has 8 heteroatoms. The quantitative estimate of drug-likeness (QED) is 0.550. The highest BCUT2D eigenvalue weighted by Crippen LogP contribution is 2.34. The molecular weight excluding hydrogens is 408 g/mol. The van der Waals surface area contributed by atoms with Crippen LogP contribution in [0.3, 0.4) is 0 Å². The minimum Gasteiger partial charge on any atom is -0.489 e. The summed E-state index contributed by atoms with van der Waals surface area (Å²) in [4.78, 5) is 34.1. The van der Waals surface area contributed by atoms with E-state index in [4.69, 9.17) is 4.74 Å². The van der Waals surface area contributed by atoms with Crippen molar-refractivity contribution in [3.63, 3.8) is 0 Å². The number of amides is 2. The van der Waals surface area contributed by atoms with Crippen LogP contribution in [0.2, 0.25) is 0 Å². The third-order valence-corrected chi connectivity index (χ3v) is 6.47. The van der Waals surface area contributed by atoms with Gasteiger partial charge in [-0.05, 0) is 50.5 Å². The molecular formula is C24H30N4O4. The number of aryl methyl sites for hydroxylation is 1. The number of para-hydroxylation sites is 1. The highest BCUT2D eigenvalue weighted by molar-refractivity contribution is 5.87. The summed E-state index contributed by atoms with van der Waals surface area (Å²) < 4.78 is 6.02. The van der Waals surface area contributed by atoms with Crippen LogP contribution in [0, 0.1) is 18.8 Å². The molecule has 1 saturated carbocycles. The Bertz CT molecular complexity index is 913. The first-order valence-corrected chi connectivity index (χ1v) is 11.2. The Hall–Kier alpha value is -3.13. The van der Waals surface area contributed by atoms with Gasteiger partial charge in [0.15, 0.2) is 0 Å². The first kappa shape index (κ1) is 22.1. The van der Waals surface area contributed by atoms with Gasteiger partial charge in [0, 0.05) is 37.6 Å². The van der Waals surface area contributed by atoms with Gasteiger partial charge in [-0.1, -0.05) is 18.2 Å². The van der Waals surface area contributed by atoms with Crippen molar-refractivity contribution in [1.82, 2.24) is 15.4 Å². The minimum absolute atomic E-state index is 0.0123.